The van der Waals surface area contributed by atoms with Crippen LogP contribution < -0.4 is 5.73 Å². The summed E-state index contributed by atoms with van der Waals surface area (Å²) in [6, 6.07) is 9.75. The minimum atomic E-state index is -2.24. The predicted octanol–water partition coefficient (Wildman–Crippen LogP) is 10.1. The van der Waals surface area contributed by atoms with Crippen molar-refractivity contribution in [2.24, 2.45) is 10.7 Å². The largest absolute Gasteiger partial charge is 0.382 e. The molecule has 2 aromatic rings. The number of ether oxygens (including phenoxy) is 3. The van der Waals surface area contributed by atoms with Crippen molar-refractivity contribution < 1.29 is 32.5 Å². The van der Waals surface area contributed by atoms with Crippen LogP contribution in [-0.2, 0) is 29.9 Å². The quantitative estimate of drug-likeness (QED) is 0.0254. The summed E-state index contributed by atoms with van der Waals surface area (Å²) < 4.78 is 43.7. The highest BCUT2D eigenvalue weighted by Gasteiger charge is 2.38. The average Bonchev–Trinajstić information content (AvgIpc) is 3.82. The molecule has 0 radical (unpaired) electrons. The van der Waals surface area contributed by atoms with Gasteiger partial charge in [-0.3, -0.25) is 5.41 Å². The lowest BCUT2D eigenvalue weighted by molar-refractivity contribution is -0.0657. The Kier molecular flexibility index (Phi) is 22.8. The minimum absolute atomic E-state index is 0.00571. The second-order valence-electron chi connectivity index (χ2n) is 14.6. The number of nitrogens with zero attached hydrogens (tertiary/aromatic N) is 2. The molecule has 0 amide bonds. The van der Waals surface area contributed by atoms with Crippen molar-refractivity contribution in [3.63, 3.8) is 0 Å². The first-order valence-corrected chi connectivity index (χ1v) is 21.2. The van der Waals surface area contributed by atoms with Crippen LogP contribution in [0.25, 0.3) is 0 Å². The maximum Gasteiger partial charge on any atom is 0.330 e. The standard InChI is InChI=1S/C41H65FN5O6P/c1-3-4-5-6-7-8-9-10-11-12-13-14-15-16-17-18-23-49-29-36(50-28-34-24-33(27-43)25-35(42)26-34)30-51-54(48)52-31-41(2)22-21-39(53-41)37-19-20-38(47-37)40(45)46-32-44/h19-20,24-26,32,36,39,47-48H,3-18,21-23,28-31H2,1-2H3,(H3,44,45,46)/t36?,39?,41-,54?/m0/s1. The Morgan fingerprint density at radius 1 is 1.04 bits per heavy atom. The molecule has 1 aromatic heterocycles. The molecule has 1 aliphatic rings. The van der Waals surface area contributed by atoms with Crippen molar-refractivity contribution in [3.05, 3.63) is 58.7 Å². The fourth-order valence-electron chi connectivity index (χ4n) is 6.61. The summed E-state index contributed by atoms with van der Waals surface area (Å²) >= 11 is 0. The van der Waals surface area contributed by atoms with E-state index in [4.69, 9.17) is 34.4 Å². The molecule has 1 fully saturated rings. The van der Waals surface area contributed by atoms with E-state index in [0.717, 1.165) is 31.3 Å². The molecular weight excluding hydrogens is 708 g/mol. The van der Waals surface area contributed by atoms with Gasteiger partial charge in [-0.1, -0.05) is 103 Å². The number of hydrogen-bond donors (Lipinski definition) is 4. The lowest BCUT2D eigenvalue weighted by atomic mass is 10.0. The van der Waals surface area contributed by atoms with Crippen molar-refractivity contribution in [2.75, 3.05) is 26.4 Å². The summed E-state index contributed by atoms with van der Waals surface area (Å²) in [6.45, 7) is 5.20. The van der Waals surface area contributed by atoms with Crippen LogP contribution in [0.2, 0.25) is 0 Å². The van der Waals surface area contributed by atoms with Crippen molar-refractivity contribution in [1.82, 2.24) is 4.98 Å². The number of halogens is 1. The zero-order chi connectivity index (χ0) is 38.9. The molecule has 13 heteroatoms. The fraction of sp³-hybridized carbons (Fsp3) is 0.683. The number of aliphatic imine (C=N–C) groups is 1. The first-order chi connectivity index (χ1) is 26.2. The third kappa shape index (κ3) is 18.7. The molecule has 0 saturated carbocycles. The van der Waals surface area contributed by atoms with Crippen LogP contribution in [0.3, 0.4) is 0 Å². The molecule has 1 aromatic carbocycles. The monoisotopic (exact) mass is 773 g/mol. The third-order valence-electron chi connectivity index (χ3n) is 9.77. The summed E-state index contributed by atoms with van der Waals surface area (Å²) in [4.78, 5) is 17.6. The van der Waals surface area contributed by atoms with Gasteiger partial charge in [0.15, 0.2) is 0 Å². The van der Waals surface area contributed by atoms with Gasteiger partial charge in [-0.2, -0.15) is 5.26 Å². The molecule has 2 heterocycles. The van der Waals surface area contributed by atoms with Gasteiger partial charge in [0.1, 0.15) is 24.1 Å². The van der Waals surface area contributed by atoms with Crippen LogP contribution in [0.1, 0.15) is 158 Å². The van der Waals surface area contributed by atoms with Crippen molar-refractivity contribution in [2.45, 2.75) is 154 Å². The second kappa shape index (κ2) is 27.0. The first-order valence-electron chi connectivity index (χ1n) is 20.1. The van der Waals surface area contributed by atoms with Gasteiger partial charge in [0.2, 0.25) is 0 Å². The number of nitriles is 1. The van der Waals surface area contributed by atoms with Gasteiger partial charge >= 0.3 is 8.60 Å². The number of hydrogen-bond acceptors (Lipinski definition) is 8. The zero-order valence-electron chi connectivity index (χ0n) is 32.7. The van der Waals surface area contributed by atoms with Crippen molar-refractivity contribution in [3.8, 4) is 6.07 Å². The SMILES string of the molecule is CCCCCCCCCCCCCCCCCCOCC(COP(O)OC[C@]1(C)CCC(c2ccc(C(N)=NC=N)[nH]2)O1)OCc1cc(F)cc(C#N)c1. The van der Waals surface area contributed by atoms with E-state index in [1.54, 1.807) is 12.1 Å². The number of nitrogens with two attached hydrogens (primary N) is 1. The summed E-state index contributed by atoms with van der Waals surface area (Å²) in [7, 11) is -2.24. The highest BCUT2D eigenvalue weighted by molar-refractivity contribution is 7.40. The van der Waals surface area contributed by atoms with E-state index in [-0.39, 0.29) is 43.9 Å². The van der Waals surface area contributed by atoms with E-state index in [9.17, 15) is 14.5 Å². The number of aromatic amines is 1. The molecular formula is C41H65FN5O6P. The Labute approximate surface area is 324 Å². The molecule has 11 nitrogen and oxygen atoms in total. The highest BCUT2D eigenvalue weighted by atomic mass is 31.2. The van der Waals surface area contributed by atoms with Crippen LogP contribution in [0.15, 0.2) is 35.3 Å². The van der Waals surface area contributed by atoms with Crippen molar-refractivity contribution in [1.29, 1.82) is 10.7 Å². The van der Waals surface area contributed by atoms with Gasteiger partial charge in [0.25, 0.3) is 0 Å². The van der Waals surface area contributed by atoms with E-state index in [0.29, 0.717) is 24.3 Å². The number of amidine groups is 1. The summed E-state index contributed by atoms with van der Waals surface area (Å²) in [5.41, 5.74) is 7.45. The zero-order valence-corrected chi connectivity index (χ0v) is 33.6. The van der Waals surface area contributed by atoms with Crippen LogP contribution in [0.4, 0.5) is 4.39 Å². The van der Waals surface area contributed by atoms with E-state index in [2.05, 4.69) is 16.9 Å². The Balaban J connectivity index is 1.33. The van der Waals surface area contributed by atoms with Crippen LogP contribution in [0, 0.1) is 22.6 Å². The number of aromatic nitrogens is 1. The fourth-order valence-corrected chi connectivity index (χ4v) is 7.36. The summed E-state index contributed by atoms with van der Waals surface area (Å²) in [6.07, 6.45) is 22.5. The Morgan fingerprint density at radius 2 is 1.69 bits per heavy atom. The molecule has 0 spiro atoms. The predicted molar refractivity (Wildman–Crippen MR) is 213 cm³/mol. The number of rotatable bonds is 31. The lowest BCUT2D eigenvalue weighted by Crippen LogP contribution is -2.30. The summed E-state index contributed by atoms with van der Waals surface area (Å²) in [5, 5.41) is 16.3. The van der Waals surface area contributed by atoms with Gasteiger partial charge in [-0.05, 0) is 62.1 Å². The topological polar surface area (TPSA) is 168 Å². The van der Waals surface area contributed by atoms with E-state index in [1.807, 2.05) is 19.1 Å². The van der Waals surface area contributed by atoms with Crippen LogP contribution in [-0.4, -0.2) is 60.2 Å². The van der Waals surface area contributed by atoms with E-state index < -0.39 is 26.1 Å². The maximum absolute atomic E-state index is 14.0. The van der Waals surface area contributed by atoms with Gasteiger partial charge in [0.05, 0.1) is 55.5 Å². The van der Waals surface area contributed by atoms with Gasteiger partial charge in [-0.15, -0.1) is 0 Å². The normalized spacial score (nSPS) is 18.5. The maximum atomic E-state index is 14.0. The summed E-state index contributed by atoms with van der Waals surface area (Å²) in [5.74, 6) is -0.283. The first kappa shape index (κ1) is 45.6. The molecule has 54 heavy (non-hydrogen) atoms. The molecule has 1 saturated heterocycles. The number of H-pyrrole nitrogens is 1. The molecule has 302 valence electrons. The minimum Gasteiger partial charge on any atom is -0.382 e. The smallest absolute Gasteiger partial charge is 0.330 e. The van der Waals surface area contributed by atoms with Gasteiger partial charge in [0, 0.05) is 12.3 Å². The lowest BCUT2D eigenvalue weighted by Gasteiger charge is -2.26. The Hall–Kier alpha value is -2.75. The molecule has 0 aliphatic carbocycles. The molecule has 1 aliphatic heterocycles. The number of unbranched alkanes of at least 4 members (excludes halogenated alkanes) is 15. The Bertz CT molecular complexity index is 1410. The number of nitrogens with one attached hydrogen (secondary N) is 2. The number of benzene rings is 1. The molecule has 0 bridgehead atoms. The second-order valence-corrected chi connectivity index (χ2v) is 15.6. The average molecular weight is 774 g/mol. The Morgan fingerprint density at radius 3 is 2.31 bits per heavy atom. The van der Waals surface area contributed by atoms with E-state index >= 15 is 0 Å². The third-order valence-corrected chi connectivity index (χ3v) is 10.5. The molecule has 3 rings (SSSR count). The molecule has 4 atom stereocenters. The van der Waals surface area contributed by atoms with Crippen LogP contribution >= 0.6 is 8.60 Å². The molecule has 5 N–H and O–H groups in total. The van der Waals surface area contributed by atoms with Gasteiger partial charge in [-0.25, -0.2) is 9.38 Å². The van der Waals surface area contributed by atoms with Gasteiger partial charge < -0.3 is 38.9 Å². The molecule has 3 unspecified atom stereocenters. The van der Waals surface area contributed by atoms with Crippen molar-refractivity contribution >= 4 is 20.8 Å². The highest BCUT2D eigenvalue weighted by Crippen LogP contribution is 2.42. The van der Waals surface area contributed by atoms with Crippen LogP contribution in [0.5, 0.6) is 0 Å². The van der Waals surface area contributed by atoms with E-state index in [1.165, 1.54) is 102 Å².